The van der Waals surface area contributed by atoms with Crippen LogP contribution in [0.2, 0.25) is 5.02 Å². The van der Waals surface area contributed by atoms with Gasteiger partial charge in [-0.25, -0.2) is 13.8 Å². The second kappa shape index (κ2) is 5.81. The lowest BCUT2D eigenvalue weighted by atomic mass is 10.1. The van der Waals surface area contributed by atoms with E-state index in [0.29, 0.717) is 5.02 Å². The molecule has 0 aliphatic carbocycles. The van der Waals surface area contributed by atoms with Gasteiger partial charge in [0.2, 0.25) is 0 Å². The highest BCUT2D eigenvalue weighted by molar-refractivity contribution is 6.30. The quantitative estimate of drug-likeness (QED) is 0.601. The fourth-order valence-corrected chi connectivity index (χ4v) is 1.59. The Morgan fingerprint density at radius 1 is 1.25 bits per heavy atom. The lowest BCUT2D eigenvalue weighted by Crippen LogP contribution is -2.16. The molecule has 0 fully saturated rings. The lowest BCUT2D eigenvalue weighted by molar-refractivity contribution is 0.102. The molecule has 1 aromatic heterocycles. The van der Waals surface area contributed by atoms with Crippen LogP contribution in [0, 0.1) is 11.6 Å². The fourth-order valence-electron chi connectivity index (χ4n) is 1.48. The Morgan fingerprint density at radius 2 is 1.90 bits per heavy atom. The molecule has 0 spiro atoms. The smallest absolute Gasteiger partial charge is 0.257 e. The van der Waals surface area contributed by atoms with Crippen molar-refractivity contribution in [2.24, 2.45) is 5.84 Å². The third-order valence-electron chi connectivity index (χ3n) is 2.42. The number of nitrogens with two attached hydrogens (primary N) is 1. The maximum Gasteiger partial charge on any atom is 0.257 e. The van der Waals surface area contributed by atoms with Crippen molar-refractivity contribution in [3.8, 4) is 0 Å². The Morgan fingerprint density at radius 3 is 2.40 bits per heavy atom. The van der Waals surface area contributed by atoms with Gasteiger partial charge in [-0.05, 0) is 24.3 Å². The van der Waals surface area contributed by atoms with E-state index in [1.807, 2.05) is 5.43 Å². The third-order valence-corrected chi connectivity index (χ3v) is 2.64. The molecule has 0 bridgehead atoms. The number of amides is 1. The summed E-state index contributed by atoms with van der Waals surface area (Å²) in [5.74, 6) is 2.52. The number of halogens is 3. The Kier molecular flexibility index (Phi) is 4.11. The zero-order valence-corrected chi connectivity index (χ0v) is 10.7. The maximum atomic E-state index is 13.5. The summed E-state index contributed by atoms with van der Waals surface area (Å²) in [5.41, 5.74) is 1.17. The molecule has 1 heterocycles. The standard InChI is InChI=1S/C12H9ClF2N4O/c13-7-1-2-10(17-5-7)18-12(20)6-3-8(14)11(19-16)9(15)4-6/h1-5,19H,16H2,(H,17,18,20). The van der Waals surface area contributed by atoms with E-state index < -0.39 is 23.2 Å². The summed E-state index contributed by atoms with van der Waals surface area (Å²) in [7, 11) is 0. The van der Waals surface area contributed by atoms with Crippen molar-refractivity contribution in [2.45, 2.75) is 0 Å². The molecule has 0 radical (unpaired) electrons. The van der Waals surface area contributed by atoms with Crippen LogP contribution in [0.25, 0.3) is 0 Å². The third kappa shape index (κ3) is 3.01. The summed E-state index contributed by atoms with van der Waals surface area (Å²) < 4.78 is 26.9. The largest absolute Gasteiger partial charge is 0.319 e. The van der Waals surface area contributed by atoms with Gasteiger partial charge in [0.25, 0.3) is 5.91 Å². The van der Waals surface area contributed by atoms with Gasteiger partial charge in [0.05, 0.1) is 5.02 Å². The molecule has 2 rings (SSSR count). The number of nitrogen functional groups attached to an aromatic ring is 1. The number of hydrazine groups is 1. The van der Waals surface area contributed by atoms with Crippen molar-refractivity contribution >= 4 is 29.0 Å². The van der Waals surface area contributed by atoms with Crippen LogP contribution in [-0.2, 0) is 0 Å². The molecule has 8 heteroatoms. The number of benzene rings is 1. The molecule has 1 amide bonds. The molecule has 0 aliphatic heterocycles. The summed E-state index contributed by atoms with van der Waals surface area (Å²) in [5, 5.41) is 2.79. The van der Waals surface area contributed by atoms with E-state index in [4.69, 9.17) is 17.4 Å². The molecule has 0 atom stereocenters. The van der Waals surface area contributed by atoms with E-state index in [0.717, 1.165) is 12.1 Å². The highest BCUT2D eigenvalue weighted by Crippen LogP contribution is 2.20. The summed E-state index contributed by atoms with van der Waals surface area (Å²) >= 11 is 5.65. The minimum Gasteiger partial charge on any atom is -0.319 e. The number of rotatable bonds is 3. The number of pyridine rings is 1. The molecule has 0 aliphatic rings. The van der Waals surface area contributed by atoms with Crippen LogP contribution in [0.4, 0.5) is 20.3 Å². The number of anilines is 2. The Balaban J connectivity index is 2.23. The molecule has 4 N–H and O–H groups in total. The molecule has 5 nitrogen and oxygen atoms in total. The van der Waals surface area contributed by atoms with Gasteiger partial charge in [-0.1, -0.05) is 11.6 Å². The van der Waals surface area contributed by atoms with Gasteiger partial charge >= 0.3 is 0 Å². The predicted octanol–water partition coefficient (Wildman–Crippen LogP) is 2.55. The predicted molar refractivity (Wildman–Crippen MR) is 71.4 cm³/mol. The first kappa shape index (κ1) is 14.2. The fraction of sp³-hybridized carbons (Fsp3) is 0. The van der Waals surface area contributed by atoms with Crippen molar-refractivity contribution < 1.29 is 13.6 Å². The first-order valence-corrected chi connectivity index (χ1v) is 5.77. The van der Waals surface area contributed by atoms with Crippen LogP contribution < -0.4 is 16.6 Å². The van der Waals surface area contributed by atoms with Crippen molar-refractivity contribution in [1.82, 2.24) is 4.98 Å². The van der Waals surface area contributed by atoms with Crippen LogP contribution in [0.15, 0.2) is 30.5 Å². The topological polar surface area (TPSA) is 80.0 Å². The molecule has 104 valence electrons. The molecule has 2 aromatic rings. The molecular weight excluding hydrogens is 290 g/mol. The van der Waals surface area contributed by atoms with Crippen LogP contribution in [-0.4, -0.2) is 10.9 Å². The highest BCUT2D eigenvalue weighted by atomic mass is 35.5. The van der Waals surface area contributed by atoms with E-state index in [1.165, 1.54) is 18.3 Å². The lowest BCUT2D eigenvalue weighted by Gasteiger charge is -2.08. The Hall–Kier alpha value is -2.25. The first-order valence-electron chi connectivity index (χ1n) is 5.40. The van der Waals surface area contributed by atoms with Crippen molar-refractivity contribution in [2.75, 3.05) is 10.7 Å². The summed E-state index contributed by atoms with van der Waals surface area (Å²) in [6, 6.07) is 4.71. The van der Waals surface area contributed by atoms with E-state index >= 15 is 0 Å². The molecular formula is C12H9ClF2N4O. The molecule has 20 heavy (non-hydrogen) atoms. The minimum absolute atomic E-state index is 0.198. The monoisotopic (exact) mass is 298 g/mol. The van der Waals surface area contributed by atoms with Gasteiger partial charge in [0.1, 0.15) is 11.5 Å². The number of hydrogen-bond donors (Lipinski definition) is 3. The second-order valence-electron chi connectivity index (χ2n) is 3.78. The van der Waals surface area contributed by atoms with Crippen molar-refractivity contribution in [1.29, 1.82) is 0 Å². The Bertz CT molecular complexity index is 625. The number of nitrogens with zero attached hydrogens (tertiary/aromatic N) is 1. The number of carbonyl (C=O) groups excluding carboxylic acids is 1. The average Bonchev–Trinajstić information content (AvgIpc) is 2.41. The van der Waals surface area contributed by atoms with Gasteiger partial charge < -0.3 is 10.7 Å². The Labute approximate surface area is 117 Å². The SMILES string of the molecule is NNc1c(F)cc(C(=O)Nc2ccc(Cl)cn2)cc1F. The number of nitrogens with one attached hydrogen (secondary N) is 2. The van der Waals surface area contributed by atoms with Crippen molar-refractivity contribution in [3.05, 3.63) is 52.7 Å². The van der Waals surface area contributed by atoms with Crippen LogP contribution in [0.5, 0.6) is 0 Å². The highest BCUT2D eigenvalue weighted by Gasteiger charge is 2.15. The number of aromatic nitrogens is 1. The minimum atomic E-state index is -0.971. The van der Waals surface area contributed by atoms with Crippen LogP contribution in [0.1, 0.15) is 10.4 Å². The van der Waals surface area contributed by atoms with Gasteiger partial charge in [0.15, 0.2) is 11.6 Å². The summed E-state index contributed by atoms with van der Waals surface area (Å²) in [6.45, 7) is 0. The normalized spacial score (nSPS) is 10.2. The van der Waals surface area contributed by atoms with E-state index in [9.17, 15) is 13.6 Å². The molecule has 0 saturated carbocycles. The second-order valence-corrected chi connectivity index (χ2v) is 4.21. The average molecular weight is 299 g/mol. The summed E-state index contributed by atoms with van der Waals surface area (Å²) in [6.07, 6.45) is 1.33. The van der Waals surface area contributed by atoms with E-state index in [1.54, 1.807) is 0 Å². The van der Waals surface area contributed by atoms with Gasteiger partial charge in [-0.15, -0.1) is 0 Å². The molecule has 1 aromatic carbocycles. The van der Waals surface area contributed by atoms with Gasteiger partial charge in [-0.2, -0.15) is 0 Å². The maximum absolute atomic E-state index is 13.5. The van der Waals surface area contributed by atoms with E-state index in [-0.39, 0.29) is 11.4 Å². The first-order chi connectivity index (χ1) is 9.51. The van der Waals surface area contributed by atoms with E-state index in [2.05, 4.69) is 10.3 Å². The van der Waals surface area contributed by atoms with Crippen LogP contribution in [0.3, 0.4) is 0 Å². The zero-order chi connectivity index (χ0) is 14.7. The summed E-state index contributed by atoms with van der Waals surface area (Å²) in [4.78, 5) is 15.7. The molecule has 0 saturated heterocycles. The molecule has 0 unspecified atom stereocenters. The van der Waals surface area contributed by atoms with Crippen molar-refractivity contribution in [3.63, 3.8) is 0 Å². The van der Waals surface area contributed by atoms with Gasteiger partial charge in [-0.3, -0.25) is 10.6 Å². The van der Waals surface area contributed by atoms with Gasteiger partial charge in [0, 0.05) is 11.8 Å². The zero-order valence-electron chi connectivity index (χ0n) is 9.95. The number of hydrogen-bond acceptors (Lipinski definition) is 4. The van der Waals surface area contributed by atoms with Crippen LogP contribution >= 0.6 is 11.6 Å². The number of carbonyl (C=O) groups is 1.